The van der Waals surface area contributed by atoms with Crippen LogP contribution in [0.2, 0.25) is 0 Å². The van der Waals surface area contributed by atoms with E-state index in [1.165, 1.54) is 0 Å². The molecule has 2 rings (SSSR count). The Morgan fingerprint density at radius 1 is 1.12 bits per heavy atom. The van der Waals surface area contributed by atoms with E-state index in [-0.39, 0.29) is 5.91 Å². The molecule has 0 atom stereocenters. The Hall–Kier alpha value is -2.50. The Balaban J connectivity index is 2.16. The van der Waals surface area contributed by atoms with E-state index < -0.39 is 0 Å². The van der Waals surface area contributed by atoms with Crippen LogP contribution in [-0.2, 0) is 24.2 Å². The Morgan fingerprint density at radius 2 is 1.88 bits per heavy atom. The first-order chi connectivity index (χ1) is 11.6. The van der Waals surface area contributed by atoms with Gasteiger partial charge < -0.3 is 10.2 Å². The van der Waals surface area contributed by atoms with Gasteiger partial charge in [0.2, 0.25) is 11.9 Å². The lowest BCUT2D eigenvalue weighted by Gasteiger charge is -2.19. The summed E-state index contributed by atoms with van der Waals surface area (Å²) in [6.45, 7) is 8.97. The summed E-state index contributed by atoms with van der Waals surface area (Å²) in [5, 5.41) is 11.6. The molecule has 0 saturated carbocycles. The Morgan fingerprint density at radius 3 is 2.50 bits per heavy atom. The van der Waals surface area contributed by atoms with Crippen LogP contribution in [0.25, 0.3) is 0 Å². The average Bonchev–Trinajstić information content (AvgIpc) is 2.59. The molecule has 1 heterocycles. The van der Waals surface area contributed by atoms with E-state index >= 15 is 0 Å². The first kappa shape index (κ1) is 17.8. The molecular formula is C18H25N5O. The third-order valence-corrected chi connectivity index (χ3v) is 3.89. The van der Waals surface area contributed by atoms with Gasteiger partial charge in [-0.25, -0.2) is 4.98 Å². The van der Waals surface area contributed by atoms with Crippen LogP contribution in [0, 0.1) is 0 Å². The van der Waals surface area contributed by atoms with Gasteiger partial charge in [0.1, 0.15) is 0 Å². The van der Waals surface area contributed by atoms with Gasteiger partial charge >= 0.3 is 0 Å². The minimum Gasteiger partial charge on any atom is -0.339 e. The fourth-order valence-electron chi connectivity index (χ4n) is 2.53. The quantitative estimate of drug-likeness (QED) is 0.846. The molecule has 0 fully saturated rings. The second-order valence-corrected chi connectivity index (χ2v) is 5.59. The van der Waals surface area contributed by atoms with Crippen molar-refractivity contribution in [3.05, 3.63) is 41.2 Å². The summed E-state index contributed by atoms with van der Waals surface area (Å²) in [5.41, 5.74) is 3.86. The molecule has 24 heavy (non-hydrogen) atoms. The number of nitrogens with zero attached hydrogens (tertiary/aromatic N) is 4. The number of benzene rings is 1. The third-order valence-electron chi connectivity index (χ3n) is 3.89. The predicted molar refractivity (Wildman–Crippen MR) is 95.1 cm³/mol. The first-order valence-corrected chi connectivity index (χ1v) is 8.41. The van der Waals surface area contributed by atoms with E-state index in [2.05, 4.69) is 34.3 Å². The minimum absolute atomic E-state index is 0.0751. The lowest BCUT2D eigenvalue weighted by molar-refractivity contribution is -0.129. The molecule has 1 aromatic carbocycles. The molecule has 0 unspecified atom stereocenters. The van der Waals surface area contributed by atoms with Crippen molar-refractivity contribution < 1.29 is 4.79 Å². The maximum absolute atomic E-state index is 11.6. The number of aromatic nitrogens is 3. The number of carbonyl (C=O) groups is 1. The van der Waals surface area contributed by atoms with Crippen molar-refractivity contribution in [3.8, 4) is 0 Å². The molecule has 0 bridgehead atoms. The van der Waals surface area contributed by atoms with E-state index in [0.29, 0.717) is 19.0 Å². The van der Waals surface area contributed by atoms with Crippen molar-refractivity contribution in [3.63, 3.8) is 0 Å². The van der Waals surface area contributed by atoms with Crippen LogP contribution >= 0.6 is 0 Å². The molecule has 1 amide bonds. The molecule has 1 N–H and O–H groups in total. The molecule has 0 aliphatic rings. The van der Waals surface area contributed by atoms with E-state index in [1.54, 1.807) is 11.8 Å². The molecule has 0 aliphatic carbocycles. The van der Waals surface area contributed by atoms with Crippen LogP contribution in [0.4, 0.5) is 11.6 Å². The highest BCUT2D eigenvalue weighted by molar-refractivity contribution is 5.73. The molecule has 1 aromatic heterocycles. The van der Waals surface area contributed by atoms with E-state index in [9.17, 15) is 4.79 Å². The van der Waals surface area contributed by atoms with Gasteiger partial charge in [-0.2, -0.15) is 0 Å². The number of hydrogen-bond donors (Lipinski definition) is 1. The van der Waals surface area contributed by atoms with Gasteiger partial charge in [-0.05, 0) is 37.5 Å². The van der Waals surface area contributed by atoms with Gasteiger partial charge in [-0.15, -0.1) is 10.2 Å². The maximum Gasteiger partial charge on any atom is 0.247 e. The van der Waals surface area contributed by atoms with Gasteiger partial charge in [-0.1, -0.05) is 26.0 Å². The summed E-state index contributed by atoms with van der Waals surface area (Å²) in [5.74, 6) is 0.575. The van der Waals surface area contributed by atoms with Crippen molar-refractivity contribution in [2.45, 2.75) is 47.1 Å². The molecule has 0 radical (unpaired) electrons. The number of aryl methyl sites for hydroxylation is 2. The van der Waals surface area contributed by atoms with Gasteiger partial charge in [-0.3, -0.25) is 4.79 Å². The second-order valence-electron chi connectivity index (χ2n) is 5.59. The third kappa shape index (κ3) is 4.50. The number of anilines is 2. The highest BCUT2D eigenvalue weighted by Crippen LogP contribution is 2.17. The molecule has 6 heteroatoms. The lowest BCUT2D eigenvalue weighted by atomic mass is 10.2. The average molecular weight is 327 g/mol. The van der Waals surface area contributed by atoms with Crippen molar-refractivity contribution in [2.24, 2.45) is 0 Å². The smallest absolute Gasteiger partial charge is 0.247 e. The van der Waals surface area contributed by atoms with Gasteiger partial charge in [0.25, 0.3) is 0 Å². The number of carbonyl (C=O) groups excluding carboxylic acids is 1. The highest BCUT2D eigenvalue weighted by Gasteiger charge is 2.09. The molecule has 2 aromatic rings. The summed E-state index contributed by atoms with van der Waals surface area (Å²) >= 11 is 0. The van der Waals surface area contributed by atoms with Crippen LogP contribution in [-0.4, -0.2) is 32.5 Å². The molecule has 6 nitrogen and oxygen atoms in total. The normalized spacial score (nSPS) is 10.5. The van der Waals surface area contributed by atoms with Crippen LogP contribution in [0.3, 0.4) is 0 Å². The largest absolute Gasteiger partial charge is 0.339 e. The number of amides is 1. The van der Waals surface area contributed by atoms with Crippen LogP contribution in [0.5, 0.6) is 0 Å². The summed E-state index contributed by atoms with van der Waals surface area (Å²) in [6, 6.07) is 7.93. The molecule has 0 spiro atoms. The van der Waals surface area contributed by atoms with Gasteiger partial charge in [0.05, 0.1) is 11.4 Å². The fourth-order valence-corrected chi connectivity index (χ4v) is 2.53. The zero-order chi connectivity index (χ0) is 17.5. The Kier molecular flexibility index (Phi) is 6.23. The predicted octanol–water partition coefficient (Wildman–Crippen LogP) is 3.11. The molecule has 0 saturated heterocycles. The standard InChI is InChI=1S/C18H25N5O/c1-5-16-17(6-2)21-22-18(20-16)19-15-10-8-9-14(11-15)12-23(7-3)13(4)24/h8-11H,5-7,12H2,1-4H3,(H,19,20,22). The first-order valence-electron chi connectivity index (χ1n) is 8.41. The van der Waals surface area contributed by atoms with E-state index in [0.717, 1.165) is 35.5 Å². The maximum atomic E-state index is 11.6. The van der Waals surface area contributed by atoms with Crippen molar-refractivity contribution in [1.29, 1.82) is 0 Å². The highest BCUT2D eigenvalue weighted by atomic mass is 16.2. The zero-order valence-electron chi connectivity index (χ0n) is 14.8. The second kappa shape index (κ2) is 8.38. The van der Waals surface area contributed by atoms with Crippen LogP contribution in [0.15, 0.2) is 24.3 Å². The van der Waals surface area contributed by atoms with Crippen LogP contribution < -0.4 is 5.32 Å². The van der Waals surface area contributed by atoms with Gasteiger partial charge in [0.15, 0.2) is 0 Å². The molecule has 0 aliphatic heterocycles. The topological polar surface area (TPSA) is 71.0 Å². The van der Waals surface area contributed by atoms with E-state index in [4.69, 9.17) is 0 Å². The van der Waals surface area contributed by atoms with E-state index in [1.807, 2.05) is 31.2 Å². The summed E-state index contributed by atoms with van der Waals surface area (Å²) in [4.78, 5) is 17.9. The minimum atomic E-state index is 0.0751. The number of nitrogens with one attached hydrogen (secondary N) is 1. The number of rotatable bonds is 7. The summed E-state index contributed by atoms with van der Waals surface area (Å²) in [7, 11) is 0. The Labute approximate surface area is 143 Å². The van der Waals surface area contributed by atoms with Crippen LogP contribution in [0.1, 0.15) is 44.6 Å². The fraction of sp³-hybridized carbons (Fsp3) is 0.444. The lowest BCUT2D eigenvalue weighted by Crippen LogP contribution is -2.27. The van der Waals surface area contributed by atoms with Crippen molar-refractivity contribution in [2.75, 3.05) is 11.9 Å². The van der Waals surface area contributed by atoms with Crippen molar-refractivity contribution in [1.82, 2.24) is 20.1 Å². The zero-order valence-corrected chi connectivity index (χ0v) is 14.8. The van der Waals surface area contributed by atoms with Crippen molar-refractivity contribution >= 4 is 17.5 Å². The van der Waals surface area contributed by atoms with Gasteiger partial charge in [0, 0.05) is 25.7 Å². The monoisotopic (exact) mass is 327 g/mol. The SMILES string of the molecule is CCc1nnc(Nc2cccc(CN(CC)C(C)=O)c2)nc1CC. The summed E-state index contributed by atoms with van der Waals surface area (Å²) < 4.78 is 0. The molecule has 128 valence electrons. The Bertz CT molecular complexity index is 702. The molecular weight excluding hydrogens is 302 g/mol. The number of hydrogen-bond acceptors (Lipinski definition) is 5. The summed E-state index contributed by atoms with van der Waals surface area (Å²) in [6.07, 6.45) is 1.66.